The van der Waals surface area contributed by atoms with Gasteiger partial charge in [-0.1, -0.05) is 72.8 Å². The van der Waals surface area contributed by atoms with Crippen LogP contribution in [0.15, 0.2) is 151 Å². The minimum atomic E-state index is -1.18. The number of nitrogens with zero attached hydrogens (tertiary/aromatic N) is 7. The number of likely N-dealkylation sites (tertiary alicyclic amines) is 2. The third-order valence-electron chi connectivity index (χ3n) is 26.5. The number of thiazole rings is 2. The van der Waals surface area contributed by atoms with Gasteiger partial charge in [0, 0.05) is 179 Å². The predicted octanol–water partition coefficient (Wildman–Crippen LogP) is 10.9. The summed E-state index contributed by atoms with van der Waals surface area (Å²) in [4.78, 5) is 207. The van der Waals surface area contributed by atoms with Crippen LogP contribution in [-0.2, 0) is 106 Å². The number of para-hydroxylation sites is 6. The first-order valence-corrected chi connectivity index (χ1v) is 50.4. The van der Waals surface area contributed by atoms with Gasteiger partial charge in [0.25, 0.3) is 0 Å². The highest BCUT2D eigenvalue weighted by Gasteiger charge is 2.45. The minimum Gasteiger partial charge on any atom is -0.535 e. The molecule has 760 valence electrons. The van der Waals surface area contributed by atoms with Gasteiger partial charge in [0.1, 0.15) is 64.2 Å². The predicted molar refractivity (Wildman–Crippen MR) is 540 cm³/mol. The first-order chi connectivity index (χ1) is 69.9. The van der Waals surface area contributed by atoms with Crippen molar-refractivity contribution < 1.29 is 140 Å². The van der Waals surface area contributed by atoms with Gasteiger partial charge in [-0.05, 0) is 163 Å². The number of aromatic nitrogens is 4. The summed E-state index contributed by atoms with van der Waals surface area (Å²) in [5, 5.41) is 64.2. The zero-order valence-corrected chi connectivity index (χ0v) is 83.5. The molecule has 0 unspecified atom stereocenters. The van der Waals surface area contributed by atoms with Crippen molar-refractivity contribution in [2.75, 3.05) is 39.3 Å². The van der Waals surface area contributed by atoms with Crippen molar-refractivity contribution in [2.24, 2.45) is 0 Å². The monoisotopic (exact) mass is 2030 g/mol. The molecule has 3 fully saturated rings. The Balaban J connectivity index is 0.000000147. The summed E-state index contributed by atoms with van der Waals surface area (Å²) in [6.07, 6.45) is 16.5. The third-order valence-corrected chi connectivity index (χ3v) is 28.2. The van der Waals surface area contributed by atoms with Crippen molar-refractivity contribution in [3.05, 3.63) is 228 Å². The largest absolute Gasteiger partial charge is 0.535 e. The molecule has 0 bridgehead atoms. The van der Waals surface area contributed by atoms with Crippen LogP contribution in [0.4, 0.5) is 4.79 Å². The lowest BCUT2D eigenvalue weighted by Gasteiger charge is -2.28. The minimum absolute atomic E-state index is 0.0141. The molecule has 9 aliphatic rings. The van der Waals surface area contributed by atoms with E-state index < -0.39 is 60.4 Å². The number of imidazole rings is 1. The maximum Gasteiger partial charge on any atom is 0.526 e. The average Bonchev–Trinajstić information content (AvgIpc) is 1.02. The van der Waals surface area contributed by atoms with E-state index in [0.29, 0.717) is 171 Å². The zero-order valence-electron chi connectivity index (χ0n) is 81.9. The molecule has 44 heteroatoms. The molecule has 9 aliphatic heterocycles. The molecule has 3 saturated heterocycles. The number of amides is 4. The maximum absolute atomic E-state index is 12.2. The van der Waals surface area contributed by atoms with E-state index in [-0.39, 0.29) is 188 Å². The molecule has 6 N–H and O–H groups in total. The van der Waals surface area contributed by atoms with Crippen LogP contribution in [0.2, 0.25) is 34.9 Å². The van der Waals surface area contributed by atoms with Gasteiger partial charge in [-0.3, -0.25) is 86.7 Å². The summed E-state index contributed by atoms with van der Waals surface area (Å²) < 4.78 is 39.9. The summed E-state index contributed by atoms with van der Waals surface area (Å²) in [5.74, 6) is -0.856. The van der Waals surface area contributed by atoms with Gasteiger partial charge in [0.15, 0.2) is 46.3 Å². The van der Waals surface area contributed by atoms with E-state index >= 15 is 0 Å². The molecular formula is C102H113B6N7O29S2. The lowest BCUT2D eigenvalue weighted by Crippen LogP contribution is -2.38. The third kappa shape index (κ3) is 29.5. The highest BCUT2D eigenvalue weighted by molar-refractivity contribution is 7.09. The summed E-state index contributed by atoms with van der Waals surface area (Å²) in [6.45, 7) is 10.8. The lowest BCUT2D eigenvalue weighted by molar-refractivity contribution is -0.139. The number of hydrogen-bond donors (Lipinski definition) is 6. The molecule has 12 heterocycles. The van der Waals surface area contributed by atoms with Crippen LogP contribution < -0.4 is 27.9 Å². The molecule has 4 amide bonds. The second-order valence-electron chi connectivity index (χ2n) is 37.5. The van der Waals surface area contributed by atoms with Crippen molar-refractivity contribution >= 4 is 159 Å². The van der Waals surface area contributed by atoms with E-state index in [0.717, 1.165) is 54.6 Å². The molecule has 36 nitrogen and oxygen atoms in total. The van der Waals surface area contributed by atoms with Crippen LogP contribution in [0.3, 0.4) is 0 Å². The molecule has 18 rings (SSSR count). The summed E-state index contributed by atoms with van der Waals surface area (Å²) in [5.41, 5.74) is 9.45. The van der Waals surface area contributed by atoms with Crippen LogP contribution in [0.1, 0.15) is 237 Å². The standard InChI is InChI=1S/C18H20BNO6.C17H19BN2O4.C17H20BNO5.2C17H18BNO4S.C16H18BNO6/c1-11(21)15-4-2-3-12-9-13(19(25)26-18(12)15)10-14(22)7-8-20-16(23)5-6-17(20)24;1-12(21)16-4-2-3-13-9-14(18(23)24-17(13)16)10-15(22)5-7-20-8-6-19-11-20;1-11(20)15-5-2-4-12-8-13(18(23)24-17(12)15)9-14(21)10-19-7-3-6-16(19)22;1-11(20)16-4-2-3-12-7-13(18(22)23-17(12)16)8-14(21)5-6-15-9-19-10-24-15;1-11(20)15-4-2-3-12-9-13(18(22)23-17(12)15)10-14(21)5-6-16-19-7-8-24-16;1-10(19)14-4-2-3-11-7-12(17(22)24-15(11)14)8-13(20)9-18-5-6-23-16(18)21/h2-4,13,25H,5-10H2,1H3;2-4,6,8,11,14,23H,5,7,9-10H2,1H3;2,4-5,13,23H,3,6-10H2,1H3;2-4,9-10,13,22H,5-8H2,1H3;2-4,7-8,13,22H,5-6,9-10H2,1H3;2-4,12,22H,5-9H2,1H3/t13-;14-;3*13-;12-/m111111/s1. The number of hydrogen-bond acceptors (Lipinski definition) is 34. The highest BCUT2D eigenvalue weighted by atomic mass is 32.1. The topological polar surface area (TPSA) is 512 Å². The van der Waals surface area contributed by atoms with E-state index in [2.05, 4.69) is 15.0 Å². The van der Waals surface area contributed by atoms with Gasteiger partial charge < -0.3 is 72.3 Å². The van der Waals surface area contributed by atoms with Crippen molar-refractivity contribution in [1.82, 2.24) is 34.2 Å². The van der Waals surface area contributed by atoms with Gasteiger partial charge in [0.2, 0.25) is 17.7 Å². The molecule has 0 aliphatic carbocycles. The van der Waals surface area contributed by atoms with Crippen LogP contribution in [-0.4, -0.2) is 240 Å². The summed E-state index contributed by atoms with van der Waals surface area (Å²) >= 11 is 3.07. The fourth-order valence-electron chi connectivity index (χ4n) is 18.8. The Morgan fingerprint density at radius 2 is 0.712 bits per heavy atom. The summed E-state index contributed by atoms with van der Waals surface area (Å²) in [7, 11) is -6.67. The molecule has 0 radical (unpaired) electrons. The number of carbonyl (C=O) groups excluding carboxylic acids is 16. The van der Waals surface area contributed by atoms with Crippen LogP contribution >= 0.6 is 22.7 Å². The average molecular weight is 2030 g/mol. The first-order valence-electron chi connectivity index (χ1n) is 48.6. The number of fused-ring (bicyclic) bond motifs is 6. The SMILES string of the molecule is CC(=O)c1cccc2c1OB(O)[C@@H](CC(=O)CCN1C(=O)CCC1=O)C2.CC(=O)c1cccc2c1OB(O)[C@@H](CC(=O)CCc1cncs1)C2.CC(=O)c1cccc2c1OB(O)[C@@H](CC(=O)CCc1nccs1)C2.CC(=O)c1cccc2c1OB(O)[C@@H](CC(=O)CCn1ccnc1)C2.CC(=O)c1cccc2c1OB(O)[C@@H](CC(=O)CN1CCCC1=O)C2.CC(=O)c1cccc2c1OB(O)[C@@H](CC(=O)CN1CCOC1=O)C2. The molecule has 0 saturated carbocycles. The highest BCUT2D eigenvalue weighted by Crippen LogP contribution is 2.44. The number of aryl methyl sites for hydroxylation is 3. The van der Waals surface area contributed by atoms with Gasteiger partial charge >= 0.3 is 48.8 Å². The Morgan fingerprint density at radius 1 is 0.377 bits per heavy atom. The zero-order chi connectivity index (χ0) is 105. The number of ketones is 12. The van der Waals surface area contributed by atoms with Crippen molar-refractivity contribution in [3.8, 4) is 34.5 Å². The quantitative estimate of drug-likeness (QED) is 0.0124. The van der Waals surface area contributed by atoms with Crippen molar-refractivity contribution in [3.63, 3.8) is 0 Å². The Morgan fingerprint density at radius 3 is 1.01 bits per heavy atom. The number of Topliss-reactive ketones (excluding diaryl/α,β-unsaturated/α-hetero) is 12. The second-order valence-corrected chi connectivity index (χ2v) is 39.4. The van der Waals surface area contributed by atoms with Crippen LogP contribution in [0, 0.1) is 0 Å². The van der Waals surface area contributed by atoms with Crippen molar-refractivity contribution in [1.29, 1.82) is 0 Å². The van der Waals surface area contributed by atoms with E-state index in [9.17, 15) is 107 Å². The molecule has 146 heavy (non-hydrogen) atoms. The number of imide groups is 1. The fourth-order valence-corrected chi connectivity index (χ4v) is 20.0. The van der Waals surface area contributed by atoms with Gasteiger partial charge in [-0.25, -0.2) is 14.8 Å². The Bertz CT molecular complexity index is 5900. The Hall–Kier alpha value is -13.3. The fraction of sp³-hybridized carbons (Fsp3) is 0.402. The number of cyclic esters (lactones) is 1. The van der Waals surface area contributed by atoms with E-state index in [4.69, 9.17) is 32.7 Å². The molecule has 6 atom stereocenters. The van der Waals surface area contributed by atoms with Gasteiger partial charge in [0.05, 0.1) is 69.9 Å². The van der Waals surface area contributed by atoms with E-state index in [1.807, 2.05) is 52.5 Å². The first kappa shape index (κ1) is 110. The molecule has 6 aromatic carbocycles. The van der Waals surface area contributed by atoms with Crippen molar-refractivity contribution in [2.45, 2.75) is 224 Å². The number of benzene rings is 6. The van der Waals surface area contributed by atoms with Crippen LogP contribution in [0.5, 0.6) is 34.5 Å². The molecule has 0 spiro atoms. The Labute approximate surface area is 853 Å². The van der Waals surface area contributed by atoms with Crippen LogP contribution in [0.25, 0.3) is 0 Å². The number of carbonyl (C=O) groups is 16. The summed E-state index contributed by atoms with van der Waals surface area (Å²) in [6, 6.07) is 31.8. The molecular weight excluding hydrogens is 1920 g/mol. The molecule has 9 aromatic rings. The van der Waals surface area contributed by atoms with Gasteiger partial charge in [-0.2, -0.15) is 0 Å². The molecule has 3 aromatic heterocycles. The number of ether oxygens (including phenoxy) is 1. The normalized spacial score (nSPS) is 18.0. The lowest BCUT2D eigenvalue weighted by atomic mass is 9.64. The smallest absolute Gasteiger partial charge is 0.526 e. The van der Waals surface area contributed by atoms with E-state index in [1.54, 1.807) is 108 Å². The van der Waals surface area contributed by atoms with Gasteiger partial charge in [-0.15, -0.1) is 22.7 Å². The van der Waals surface area contributed by atoms with E-state index in [1.165, 1.54) is 69.1 Å². The second kappa shape index (κ2) is 51.6. The Kier molecular flexibility index (Phi) is 38.9. The maximum atomic E-state index is 12.2. The number of rotatable bonds is 34.